The Balaban J connectivity index is 1.94. The van der Waals surface area contributed by atoms with Gasteiger partial charge in [0, 0.05) is 6.42 Å². The second-order valence-corrected chi connectivity index (χ2v) is 5.33. The van der Waals surface area contributed by atoms with Gasteiger partial charge in [0.1, 0.15) is 18.4 Å². The van der Waals surface area contributed by atoms with Crippen molar-refractivity contribution in [1.29, 1.82) is 0 Å². The van der Waals surface area contributed by atoms with E-state index in [1.165, 1.54) is 7.11 Å². The van der Waals surface area contributed by atoms with Gasteiger partial charge >= 0.3 is 12.1 Å². The summed E-state index contributed by atoms with van der Waals surface area (Å²) in [6, 6.07) is 15.7. The van der Waals surface area contributed by atoms with Crippen LogP contribution in [0.1, 0.15) is 11.1 Å². The molecule has 25 heavy (non-hydrogen) atoms. The van der Waals surface area contributed by atoms with Crippen molar-refractivity contribution < 1.29 is 23.8 Å². The van der Waals surface area contributed by atoms with Crippen LogP contribution in [0.25, 0.3) is 0 Å². The fourth-order valence-corrected chi connectivity index (χ4v) is 2.24. The minimum atomic E-state index is -0.832. The Kier molecular flexibility index (Phi) is 6.83. The average Bonchev–Trinajstić information content (AvgIpc) is 2.66. The summed E-state index contributed by atoms with van der Waals surface area (Å²) >= 11 is 0. The van der Waals surface area contributed by atoms with Crippen LogP contribution in [0.4, 0.5) is 4.79 Å². The predicted molar refractivity (Wildman–Crippen MR) is 92.3 cm³/mol. The Hall–Kier alpha value is -3.02. The number of methoxy groups -OCH3 is 2. The molecule has 0 bridgehead atoms. The fraction of sp³-hybridized carbons (Fsp3) is 0.263. The average molecular weight is 343 g/mol. The summed E-state index contributed by atoms with van der Waals surface area (Å²) in [7, 11) is 2.86. The third-order valence-corrected chi connectivity index (χ3v) is 3.59. The van der Waals surface area contributed by atoms with Crippen molar-refractivity contribution in [3.63, 3.8) is 0 Å². The van der Waals surface area contributed by atoms with Crippen molar-refractivity contribution in [3.05, 3.63) is 65.7 Å². The number of esters is 1. The third-order valence-electron chi connectivity index (χ3n) is 3.59. The van der Waals surface area contributed by atoms with E-state index in [2.05, 4.69) is 5.32 Å². The number of amides is 1. The number of ether oxygens (including phenoxy) is 3. The maximum atomic E-state index is 12.0. The van der Waals surface area contributed by atoms with Crippen LogP contribution in [-0.2, 0) is 27.3 Å². The molecule has 6 heteroatoms. The van der Waals surface area contributed by atoms with Crippen molar-refractivity contribution in [2.45, 2.75) is 19.1 Å². The highest BCUT2D eigenvalue weighted by molar-refractivity contribution is 5.81. The van der Waals surface area contributed by atoms with Gasteiger partial charge in [-0.3, -0.25) is 0 Å². The predicted octanol–water partition coefficient (Wildman–Crippen LogP) is 2.71. The zero-order chi connectivity index (χ0) is 18.1. The van der Waals surface area contributed by atoms with E-state index in [4.69, 9.17) is 14.2 Å². The van der Waals surface area contributed by atoms with Crippen LogP contribution in [0.5, 0.6) is 5.75 Å². The maximum Gasteiger partial charge on any atom is 0.408 e. The smallest absolute Gasteiger partial charge is 0.408 e. The molecule has 0 aliphatic heterocycles. The van der Waals surface area contributed by atoms with Gasteiger partial charge in [-0.1, -0.05) is 42.5 Å². The molecule has 0 fully saturated rings. The molecule has 2 aromatic carbocycles. The zero-order valence-corrected chi connectivity index (χ0v) is 14.2. The van der Waals surface area contributed by atoms with Gasteiger partial charge < -0.3 is 19.5 Å². The minimum absolute atomic E-state index is 0.128. The molecule has 2 rings (SSSR count). The molecule has 2 aromatic rings. The van der Waals surface area contributed by atoms with Gasteiger partial charge in [0.2, 0.25) is 0 Å². The molecular formula is C19H21NO5. The highest BCUT2D eigenvalue weighted by atomic mass is 16.6. The first-order valence-electron chi connectivity index (χ1n) is 7.80. The van der Waals surface area contributed by atoms with E-state index in [0.717, 1.165) is 11.1 Å². The van der Waals surface area contributed by atoms with Gasteiger partial charge in [-0.2, -0.15) is 0 Å². The molecule has 6 nitrogen and oxygen atoms in total. The molecule has 0 saturated carbocycles. The summed E-state index contributed by atoms with van der Waals surface area (Å²) in [5.41, 5.74) is 1.72. The molecule has 0 spiro atoms. The molecule has 1 N–H and O–H groups in total. The van der Waals surface area contributed by atoms with E-state index in [9.17, 15) is 9.59 Å². The van der Waals surface area contributed by atoms with E-state index in [1.807, 2.05) is 42.5 Å². The van der Waals surface area contributed by atoms with Crippen molar-refractivity contribution in [2.24, 2.45) is 0 Å². The first-order valence-corrected chi connectivity index (χ1v) is 7.80. The second-order valence-electron chi connectivity index (χ2n) is 5.33. The highest BCUT2D eigenvalue weighted by Gasteiger charge is 2.22. The van der Waals surface area contributed by atoms with E-state index in [1.54, 1.807) is 19.2 Å². The molecule has 0 saturated heterocycles. The molecule has 1 atom stereocenters. The Labute approximate surface area is 146 Å². The zero-order valence-electron chi connectivity index (χ0n) is 14.2. The van der Waals surface area contributed by atoms with Crippen molar-refractivity contribution in [2.75, 3.05) is 14.2 Å². The summed E-state index contributed by atoms with van der Waals surface area (Å²) in [6.07, 6.45) is -0.385. The van der Waals surface area contributed by atoms with Gasteiger partial charge in [0.25, 0.3) is 0 Å². The number of hydrogen-bond acceptors (Lipinski definition) is 5. The minimum Gasteiger partial charge on any atom is -0.497 e. The third kappa shape index (κ3) is 5.84. The van der Waals surface area contributed by atoms with Crippen LogP contribution < -0.4 is 10.1 Å². The lowest BCUT2D eigenvalue weighted by Crippen LogP contribution is -2.43. The lowest BCUT2D eigenvalue weighted by Gasteiger charge is -2.16. The monoisotopic (exact) mass is 343 g/mol. The molecule has 0 heterocycles. The van der Waals surface area contributed by atoms with E-state index in [-0.39, 0.29) is 13.0 Å². The number of carbonyl (C=O) groups excluding carboxylic acids is 2. The van der Waals surface area contributed by atoms with Crippen molar-refractivity contribution >= 4 is 12.1 Å². The van der Waals surface area contributed by atoms with Crippen molar-refractivity contribution in [1.82, 2.24) is 5.32 Å². The highest BCUT2D eigenvalue weighted by Crippen LogP contribution is 2.13. The van der Waals surface area contributed by atoms with Gasteiger partial charge in [-0.05, 0) is 23.3 Å². The van der Waals surface area contributed by atoms with Crippen LogP contribution >= 0.6 is 0 Å². The number of rotatable bonds is 7. The molecule has 0 aromatic heterocycles. The first-order chi connectivity index (χ1) is 12.1. The summed E-state index contributed by atoms with van der Waals surface area (Å²) in [5, 5.41) is 2.55. The molecule has 0 radical (unpaired) electrons. The van der Waals surface area contributed by atoms with Crippen LogP contribution in [0.15, 0.2) is 54.6 Å². The molecule has 0 aliphatic rings. The van der Waals surface area contributed by atoms with Crippen LogP contribution in [0.2, 0.25) is 0 Å². The Morgan fingerprint density at radius 3 is 2.24 bits per heavy atom. The Bertz CT molecular complexity index is 685. The largest absolute Gasteiger partial charge is 0.497 e. The second kappa shape index (κ2) is 9.32. The Morgan fingerprint density at radius 1 is 0.960 bits per heavy atom. The number of nitrogens with one attached hydrogen (secondary N) is 1. The lowest BCUT2D eigenvalue weighted by molar-refractivity contribution is -0.143. The summed E-state index contributed by atoms with van der Waals surface area (Å²) in [6.45, 7) is 0.128. The number of benzene rings is 2. The molecule has 132 valence electrons. The SMILES string of the molecule is COC(=O)[C@H](Cc1ccc(OC)cc1)NC(=O)OCc1ccccc1. The van der Waals surface area contributed by atoms with Crippen molar-refractivity contribution in [3.8, 4) is 5.75 Å². The molecule has 1 amide bonds. The summed E-state index contributed by atoms with van der Waals surface area (Å²) in [4.78, 5) is 23.9. The van der Waals surface area contributed by atoms with E-state index in [0.29, 0.717) is 5.75 Å². The van der Waals surface area contributed by atoms with Crippen LogP contribution in [-0.4, -0.2) is 32.3 Å². The number of hydrogen-bond donors (Lipinski definition) is 1. The number of carbonyl (C=O) groups is 2. The number of alkyl carbamates (subject to hydrolysis) is 1. The maximum absolute atomic E-state index is 12.0. The van der Waals surface area contributed by atoms with Gasteiger partial charge in [0.05, 0.1) is 14.2 Å². The van der Waals surface area contributed by atoms with Gasteiger partial charge in [0.15, 0.2) is 0 Å². The van der Waals surface area contributed by atoms with E-state index < -0.39 is 18.1 Å². The normalized spacial score (nSPS) is 11.3. The quantitative estimate of drug-likeness (QED) is 0.783. The topological polar surface area (TPSA) is 73.9 Å². The standard InChI is InChI=1S/C19H21NO5/c1-23-16-10-8-14(9-11-16)12-17(18(21)24-2)20-19(22)25-13-15-6-4-3-5-7-15/h3-11,17H,12-13H2,1-2H3,(H,20,22)/t17-/m0/s1. The molecule has 0 unspecified atom stereocenters. The first kappa shape index (κ1) is 18.3. The summed E-state index contributed by atoms with van der Waals surface area (Å²) in [5.74, 6) is 0.182. The van der Waals surface area contributed by atoms with Crippen LogP contribution in [0.3, 0.4) is 0 Å². The molecular weight excluding hydrogens is 322 g/mol. The lowest BCUT2D eigenvalue weighted by atomic mass is 10.1. The Morgan fingerprint density at radius 2 is 1.64 bits per heavy atom. The van der Waals surface area contributed by atoms with Crippen LogP contribution in [0, 0.1) is 0 Å². The van der Waals surface area contributed by atoms with E-state index >= 15 is 0 Å². The van der Waals surface area contributed by atoms with Gasteiger partial charge in [-0.25, -0.2) is 9.59 Å². The van der Waals surface area contributed by atoms with Gasteiger partial charge in [-0.15, -0.1) is 0 Å². The fourth-order valence-electron chi connectivity index (χ4n) is 2.24. The molecule has 0 aliphatic carbocycles. The summed E-state index contributed by atoms with van der Waals surface area (Å²) < 4.78 is 15.0.